The predicted octanol–water partition coefficient (Wildman–Crippen LogP) is 9.08. The van der Waals surface area contributed by atoms with Gasteiger partial charge < -0.3 is 19.5 Å². The molecular weight excluding hydrogens is 546 g/mol. The van der Waals surface area contributed by atoms with Crippen molar-refractivity contribution in [1.29, 1.82) is 0 Å². The molecule has 1 heterocycles. The molecule has 0 aliphatic carbocycles. The monoisotopic (exact) mass is 603 g/mol. The summed E-state index contributed by atoms with van der Waals surface area (Å²) in [6, 6.07) is 16.2. The lowest BCUT2D eigenvalue weighted by Gasteiger charge is -2.28. The third-order valence-electron chi connectivity index (χ3n) is 8.67. The van der Waals surface area contributed by atoms with Gasteiger partial charge in [-0.3, -0.25) is 9.59 Å². The summed E-state index contributed by atoms with van der Waals surface area (Å²) in [6.45, 7) is 6.25. The number of rotatable bonds is 23. The molecule has 0 atom stereocenters. The SMILES string of the molecule is CCCCCCCCCCCCCC(=O)N(CCCC)CC(=O)N(CCc1c[nH]c2ccccc12)Cc1ccc(OC)cc1. The van der Waals surface area contributed by atoms with Crippen LogP contribution in [0.15, 0.2) is 54.7 Å². The van der Waals surface area contributed by atoms with Crippen molar-refractivity contribution in [3.63, 3.8) is 0 Å². The van der Waals surface area contributed by atoms with Crippen molar-refractivity contribution in [2.24, 2.45) is 0 Å². The normalized spacial score (nSPS) is 11.2. The van der Waals surface area contributed by atoms with E-state index in [1.165, 1.54) is 68.7 Å². The van der Waals surface area contributed by atoms with Crippen molar-refractivity contribution in [3.05, 3.63) is 65.9 Å². The fourth-order valence-corrected chi connectivity index (χ4v) is 5.84. The molecule has 0 unspecified atom stereocenters. The molecule has 0 saturated carbocycles. The first-order valence-corrected chi connectivity index (χ1v) is 17.3. The van der Waals surface area contributed by atoms with Crippen molar-refractivity contribution in [2.45, 2.75) is 117 Å². The second kappa shape index (κ2) is 20.6. The molecule has 0 spiro atoms. The highest BCUT2D eigenvalue weighted by Crippen LogP contribution is 2.20. The van der Waals surface area contributed by atoms with Crippen molar-refractivity contribution in [2.75, 3.05) is 26.7 Å². The number of nitrogens with zero attached hydrogens (tertiary/aromatic N) is 2. The number of H-pyrrole nitrogens is 1. The zero-order valence-corrected chi connectivity index (χ0v) is 27.8. The Morgan fingerprint density at radius 1 is 0.705 bits per heavy atom. The quantitative estimate of drug-likeness (QED) is 0.110. The number of fused-ring (bicyclic) bond motifs is 1. The number of para-hydroxylation sites is 1. The minimum Gasteiger partial charge on any atom is -0.497 e. The summed E-state index contributed by atoms with van der Waals surface area (Å²) in [5.74, 6) is 0.914. The standard InChI is InChI=1S/C38H57N3O3/c1-4-6-8-9-10-11-12-13-14-15-16-21-37(42)40(27-7-5-2)31-38(43)41(30-32-22-24-34(44-3)25-23-32)28-26-33-29-39-36-20-18-17-19-35(33)36/h17-20,22-25,29,39H,4-16,21,26-28,30-31H2,1-3H3. The maximum Gasteiger partial charge on any atom is 0.242 e. The number of nitrogens with one attached hydrogen (secondary N) is 1. The lowest BCUT2D eigenvalue weighted by Crippen LogP contribution is -2.43. The molecule has 0 fully saturated rings. The van der Waals surface area contributed by atoms with Crippen LogP contribution >= 0.6 is 0 Å². The van der Waals surface area contributed by atoms with Crippen LogP contribution in [0, 0.1) is 0 Å². The van der Waals surface area contributed by atoms with Crippen LogP contribution in [-0.2, 0) is 22.6 Å². The number of amides is 2. The predicted molar refractivity (Wildman–Crippen MR) is 183 cm³/mol. The molecule has 242 valence electrons. The summed E-state index contributed by atoms with van der Waals surface area (Å²) in [4.78, 5) is 34.2. The highest BCUT2D eigenvalue weighted by atomic mass is 16.5. The largest absolute Gasteiger partial charge is 0.497 e. The first-order valence-electron chi connectivity index (χ1n) is 17.3. The Morgan fingerprint density at radius 2 is 1.34 bits per heavy atom. The second-order valence-corrected chi connectivity index (χ2v) is 12.2. The Kier molecular flexibility index (Phi) is 16.5. The fourth-order valence-electron chi connectivity index (χ4n) is 5.84. The average molecular weight is 604 g/mol. The first-order chi connectivity index (χ1) is 21.5. The third-order valence-corrected chi connectivity index (χ3v) is 8.67. The van der Waals surface area contributed by atoms with Crippen LogP contribution in [0.25, 0.3) is 10.9 Å². The second-order valence-electron chi connectivity index (χ2n) is 12.2. The van der Waals surface area contributed by atoms with Gasteiger partial charge in [-0.25, -0.2) is 0 Å². The molecule has 0 bridgehead atoms. The highest BCUT2D eigenvalue weighted by molar-refractivity contribution is 5.85. The van der Waals surface area contributed by atoms with Gasteiger partial charge in [-0.05, 0) is 48.6 Å². The van der Waals surface area contributed by atoms with Gasteiger partial charge in [0.1, 0.15) is 5.75 Å². The number of ether oxygens (including phenoxy) is 1. The fraction of sp³-hybridized carbons (Fsp3) is 0.579. The zero-order valence-electron chi connectivity index (χ0n) is 27.8. The molecule has 3 aromatic rings. The van der Waals surface area contributed by atoms with E-state index in [9.17, 15) is 9.59 Å². The number of hydrogen-bond acceptors (Lipinski definition) is 3. The maximum atomic E-state index is 13.8. The van der Waals surface area contributed by atoms with E-state index in [1.807, 2.05) is 52.4 Å². The van der Waals surface area contributed by atoms with Crippen LogP contribution in [0.4, 0.5) is 0 Å². The van der Waals surface area contributed by atoms with Gasteiger partial charge in [0.25, 0.3) is 0 Å². The van der Waals surface area contributed by atoms with Crippen LogP contribution < -0.4 is 4.74 Å². The Balaban J connectivity index is 1.55. The zero-order chi connectivity index (χ0) is 31.4. The maximum absolute atomic E-state index is 13.8. The molecule has 1 N–H and O–H groups in total. The number of carbonyl (C=O) groups excluding carboxylic acids is 2. The summed E-state index contributed by atoms with van der Waals surface area (Å²) in [5.41, 5.74) is 3.35. The lowest BCUT2D eigenvalue weighted by atomic mass is 10.1. The number of aromatic amines is 1. The molecule has 1 aromatic heterocycles. The van der Waals surface area contributed by atoms with E-state index in [0.717, 1.165) is 48.9 Å². The summed E-state index contributed by atoms with van der Waals surface area (Å²) < 4.78 is 5.33. The van der Waals surface area contributed by atoms with E-state index >= 15 is 0 Å². The molecule has 6 heteroatoms. The molecule has 0 aliphatic heterocycles. The topological polar surface area (TPSA) is 65.6 Å². The van der Waals surface area contributed by atoms with Crippen molar-refractivity contribution < 1.29 is 14.3 Å². The van der Waals surface area contributed by atoms with Gasteiger partial charge in [-0.15, -0.1) is 0 Å². The van der Waals surface area contributed by atoms with E-state index < -0.39 is 0 Å². The molecule has 0 aliphatic rings. The van der Waals surface area contributed by atoms with Gasteiger partial charge in [0.15, 0.2) is 0 Å². The lowest BCUT2D eigenvalue weighted by molar-refractivity contribution is -0.141. The summed E-state index contributed by atoms with van der Waals surface area (Å²) in [5, 5.41) is 1.19. The Hall–Kier alpha value is -3.28. The Morgan fingerprint density at radius 3 is 2.00 bits per heavy atom. The number of carbonyl (C=O) groups is 2. The van der Waals surface area contributed by atoms with Crippen LogP contribution in [0.5, 0.6) is 5.75 Å². The molecule has 0 radical (unpaired) electrons. The summed E-state index contributed by atoms with van der Waals surface area (Å²) in [6.07, 6.45) is 19.1. The van der Waals surface area contributed by atoms with Crippen LogP contribution in [0.1, 0.15) is 115 Å². The van der Waals surface area contributed by atoms with Gasteiger partial charge in [0.05, 0.1) is 13.7 Å². The van der Waals surface area contributed by atoms with Crippen LogP contribution in [-0.4, -0.2) is 53.3 Å². The van der Waals surface area contributed by atoms with Gasteiger partial charge >= 0.3 is 0 Å². The van der Waals surface area contributed by atoms with Gasteiger partial charge in [-0.1, -0.05) is 115 Å². The average Bonchev–Trinajstić information content (AvgIpc) is 3.46. The molecule has 2 aromatic carbocycles. The third kappa shape index (κ3) is 12.4. The minimum atomic E-state index is 0.00375. The van der Waals surface area contributed by atoms with E-state index in [0.29, 0.717) is 26.1 Å². The molecule has 2 amide bonds. The highest BCUT2D eigenvalue weighted by Gasteiger charge is 2.21. The Bertz CT molecular complexity index is 1220. The number of unbranched alkanes of at least 4 members (excludes halogenated alkanes) is 11. The molecular formula is C38H57N3O3. The summed E-state index contributed by atoms with van der Waals surface area (Å²) >= 11 is 0. The van der Waals surface area contributed by atoms with E-state index in [1.54, 1.807) is 7.11 Å². The van der Waals surface area contributed by atoms with Crippen LogP contribution in [0.2, 0.25) is 0 Å². The van der Waals surface area contributed by atoms with Gasteiger partial charge in [-0.2, -0.15) is 0 Å². The number of hydrogen-bond donors (Lipinski definition) is 1. The van der Waals surface area contributed by atoms with Gasteiger partial charge in [0, 0.05) is 43.2 Å². The first kappa shape index (κ1) is 35.2. The van der Waals surface area contributed by atoms with Crippen molar-refractivity contribution in [3.8, 4) is 5.75 Å². The Labute approximate surface area is 266 Å². The van der Waals surface area contributed by atoms with Crippen molar-refractivity contribution in [1.82, 2.24) is 14.8 Å². The van der Waals surface area contributed by atoms with Gasteiger partial charge in [0.2, 0.25) is 11.8 Å². The van der Waals surface area contributed by atoms with E-state index in [2.05, 4.69) is 31.0 Å². The number of methoxy groups -OCH3 is 1. The molecule has 44 heavy (non-hydrogen) atoms. The minimum absolute atomic E-state index is 0.00375. The molecule has 3 rings (SSSR count). The van der Waals surface area contributed by atoms with E-state index in [4.69, 9.17) is 4.74 Å². The van der Waals surface area contributed by atoms with E-state index in [-0.39, 0.29) is 18.4 Å². The van der Waals surface area contributed by atoms with Crippen molar-refractivity contribution >= 4 is 22.7 Å². The molecule has 6 nitrogen and oxygen atoms in total. The number of aromatic nitrogens is 1. The number of benzene rings is 2. The molecule has 0 saturated heterocycles. The summed E-state index contributed by atoms with van der Waals surface area (Å²) in [7, 11) is 1.66. The van der Waals surface area contributed by atoms with Crippen LogP contribution in [0.3, 0.4) is 0 Å². The smallest absolute Gasteiger partial charge is 0.242 e.